The molecule has 0 radical (unpaired) electrons. The second kappa shape index (κ2) is 7.58. The number of hydrogen-bond acceptors (Lipinski definition) is 5. The number of nitrogens with zero attached hydrogens (tertiary/aromatic N) is 3. The summed E-state index contributed by atoms with van der Waals surface area (Å²) >= 11 is 5.93. The van der Waals surface area contributed by atoms with Crippen LogP contribution in [0.15, 0.2) is 36.4 Å². The van der Waals surface area contributed by atoms with Crippen LogP contribution in [0.2, 0.25) is 5.02 Å². The number of nitrogens with one attached hydrogen (secondary N) is 2. The van der Waals surface area contributed by atoms with Crippen LogP contribution in [0.1, 0.15) is 5.56 Å². The van der Waals surface area contributed by atoms with Gasteiger partial charge in [-0.3, -0.25) is 4.72 Å². The molecule has 1 heterocycles. The summed E-state index contributed by atoms with van der Waals surface area (Å²) in [4.78, 5) is 0. The van der Waals surface area contributed by atoms with Gasteiger partial charge >= 0.3 is 10.2 Å². The number of aromatic nitrogens is 2. The first-order valence-electron chi connectivity index (χ1n) is 6.89. The molecular weight excluding hydrogens is 338 g/mol. The van der Waals surface area contributed by atoms with Crippen molar-refractivity contribution in [1.82, 2.24) is 14.5 Å². The molecule has 1 aromatic heterocycles. The molecule has 23 heavy (non-hydrogen) atoms. The number of benzene rings is 1. The minimum absolute atomic E-state index is 0.166. The number of halogens is 1. The number of rotatable bonds is 7. The smallest absolute Gasteiger partial charge is 0.302 e. The highest BCUT2D eigenvalue weighted by atomic mass is 35.5. The van der Waals surface area contributed by atoms with Crippen molar-refractivity contribution in [2.75, 3.05) is 30.7 Å². The van der Waals surface area contributed by atoms with Crippen LogP contribution in [0.25, 0.3) is 0 Å². The van der Waals surface area contributed by atoms with E-state index in [1.165, 1.54) is 14.1 Å². The monoisotopic (exact) mass is 355 g/mol. The highest BCUT2D eigenvalue weighted by Gasteiger charge is 2.13. The van der Waals surface area contributed by atoms with Gasteiger partial charge in [0.1, 0.15) is 5.82 Å². The Morgan fingerprint density at radius 1 is 1.13 bits per heavy atom. The molecule has 0 aliphatic heterocycles. The predicted octanol–water partition coefficient (Wildman–Crippen LogP) is 2.00. The minimum Gasteiger partial charge on any atom is -0.368 e. The van der Waals surface area contributed by atoms with E-state index in [0.717, 1.165) is 16.3 Å². The maximum Gasteiger partial charge on any atom is 0.302 e. The van der Waals surface area contributed by atoms with Gasteiger partial charge in [-0.15, -0.1) is 10.2 Å². The first kappa shape index (κ1) is 17.5. The minimum atomic E-state index is -3.57. The Balaban J connectivity index is 1.88. The molecule has 1 aromatic carbocycles. The Kier molecular flexibility index (Phi) is 5.75. The molecule has 0 spiro atoms. The van der Waals surface area contributed by atoms with Crippen molar-refractivity contribution < 1.29 is 8.42 Å². The van der Waals surface area contributed by atoms with Crippen molar-refractivity contribution >= 4 is 33.4 Å². The van der Waals surface area contributed by atoms with Gasteiger partial charge in [-0.1, -0.05) is 23.7 Å². The molecule has 2 rings (SSSR count). The second-order valence-electron chi connectivity index (χ2n) is 5.00. The molecule has 0 aliphatic carbocycles. The third-order valence-electron chi connectivity index (χ3n) is 2.99. The van der Waals surface area contributed by atoms with Gasteiger partial charge in [0, 0.05) is 25.7 Å². The highest BCUT2D eigenvalue weighted by Crippen LogP contribution is 2.12. The molecule has 0 bridgehead atoms. The van der Waals surface area contributed by atoms with E-state index in [9.17, 15) is 8.42 Å². The Labute approximate surface area is 140 Å². The largest absolute Gasteiger partial charge is 0.368 e. The molecule has 124 valence electrons. The number of anilines is 2. The molecule has 7 nitrogen and oxygen atoms in total. The van der Waals surface area contributed by atoms with E-state index >= 15 is 0 Å². The van der Waals surface area contributed by atoms with Gasteiger partial charge in [-0.25, -0.2) is 0 Å². The fourth-order valence-corrected chi connectivity index (χ4v) is 2.50. The zero-order valence-electron chi connectivity index (χ0n) is 12.8. The zero-order chi connectivity index (χ0) is 16.9. The van der Waals surface area contributed by atoms with E-state index < -0.39 is 10.2 Å². The number of hydrogen-bond donors (Lipinski definition) is 2. The van der Waals surface area contributed by atoms with Crippen molar-refractivity contribution in [3.8, 4) is 0 Å². The lowest BCUT2D eigenvalue weighted by Gasteiger charge is -2.12. The third kappa shape index (κ3) is 5.34. The van der Waals surface area contributed by atoms with Gasteiger partial charge in [-0.05, 0) is 36.2 Å². The Morgan fingerprint density at radius 3 is 2.43 bits per heavy atom. The standard InChI is InChI=1S/C14H18ClN5O2S/c1-20(2)23(21,22)19-14-7-6-13(17-18-14)16-9-8-11-4-3-5-12(15)10-11/h3-7,10H,8-9H2,1-2H3,(H,16,17)(H,18,19). The first-order valence-corrected chi connectivity index (χ1v) is 8.71. The van der Waals surface area contributed by atoms with Crippen LogP contribution < -0.4 is 10.0 Å². The Hall–Kier alpha value is -1.90. The van der Waals surface area contributed by atoms with Gasteiger partial charge in [0.25, 0.3) is 0 Å². The first-order chi connectivity index (χ1) is 10.9. The van der Waals surface area contributed by atoms with Crippen molar-refractivity contribution in [3.63, 3.8) is 0 Å². The van der Waals surface area contributed by atoms with Gasteiger partial charge in [0.15, 0.2) is 5.82 Å². The SMILES string of the molecule is CN(C)S(=O)(=O)Nc1ccc(NCCc2cccc(Cl)c2)nn1. The third-order valence-corrected chi connectivity index (χ3v) is 4.65. The topological polar surface area (TPSA) is 87.2 Å². The summed E-state index contributed by atoms with van der Waals surface area (Å²) in [5, 5.41) is 11.6. The summed E-state index contributed by atoms with van der Waals surface area (Å²) in [6, 6.07) is 10.9. The predicted molar refractivity (Wildman–Crippen MR) is 91.9 cm³/mol. The van der Waals surface area contributed by atoms with Crippen LogP contribution in [0.5, 0.6) is 0 Å². The molecule has 2 N–H and O–H groups in total. The fourth-order valence-electron chi connectivity index (χ4n) is 1.73. The van der Waals surface area contributed by atoms with Crippen molar-refractivity contribution in [1.29, 1.82) is 0 Å². The average molecular weight is 356 g/mol. The molecule has 0 saturated heterocycles. The van der Waals surface area contributed by atoms with E-state index in [2.05, 4.69) is 20.2 Å². The summed E-state index contributed by atoms with van der Waals surface area (Å²) < 4.78 is 26.7. The van der Waals surface area contributed by atoms with Gasteiger partial charge in [0.05, 0.1) is 0 Å². The van der Waals surface area contributed by atoms with Crippen molar-refractivity contribution in [2.45, 2.75) is 6.42 Å². The fraction of sp³-hybridized carbons (Fsp3) is 0.286. The summed E-state index contributed by atoms with van der Waals surface area (Å²) in [7, 11) is -0.709. The molecule has 0 saturated carbocycles. The normalized spacial score (nSPS) is 11.5. The molecule has 0 fully saturated rings. The molecular formula is C14H18ClN5O2S. The van der Waals surface area contributed by atoms with Gasteiger partial charge in [0.2, 0.25) is 0 Å². The molecule has 9 heteroatoms. The van der Waals surface area contributed by atoms with Crippen LogP contribution in [0.3, 0.4) is 0 Å². The molecule has 0 atom stereocenters. The van der Waals surface area contributed by atoms with Crippen molar-refractivity contribution in [2.24, 2.45) is 0 Å². The lowest BCUT2D eigenvalue weighted by molar-refractivity contribution is 0.526. The molecule has 0 aliphatic rings. The van der Waals surface area contributed by atoms with Crippen molar-refractivity contribution in [3.05, 3.63) is 47.0 Å². The molecule has 2 aromatic rings. The van der Waals surface area contributed by atoms with E-state index in [1.807, 2.05) is 24.3 Å². The average Bonchev–Trinajstić information content (AvgIpc) is 2.49. The summed E-state index contributed by atoms with van der Waals surface area (Å²) in [6.07, 6.45) is 0.789. The second-order valence-corrected chi connectivity index (χ2v) is 7.32. The van der Waals surface area contributed by atoms with Gasteiger partial charge in [-0.2, -0.15) is 12.7 Å². The Bertz CT molecular complexity index is 750. The van der Waals surface area contributed by atoms with E-state index in [1.54, 1.807) is 12.1 Å². The highest BCUT2D eigenvalue weighted by molar-refractivity contribution is 7.90. The Morgan fingerprint density at radius 2 is 1.83 bits per heavy atom. The van der Waals surface area contributed by atoms with E-state index in [4.69, 9.17) is 11.6 Å². The van der Waals surface area contributed by atoms with Crippen LogP contribution in [0.4, 0.5) is 11.6 Å². The van der Waals surface area contributed by atoms with Crippen LogP contribution >= 0.6 is 11.6 Å². The van der Waals surface area contributed by atoms with Crippen LogP contribution in [-0.2, 0) is 16.6 Å². The van der Waals surface area contributed by atoms with Crippen LogP contribution in [-0.4, -0.2) is 43.6 Å². The summed E-state index contributed by atoms with van der Waals surface area (Å²) in [5.41, 5.74) is 1.12. The quantitative estimate of drug-likeness (QED) is 0.793. The molecule has 0 amide bonds. The maximum absolute atomic E-state index is 11.7. The van der Waals surface area contributed by atoms with E-state index in [0.29, 0.717) is 17.4 Å². The van der Waals surface area contributed by atoms with Gasteiger partial charge < -0.3 is 5.32 Å². The maximum atomic E-state index is 11.7. The lowest BCUT2D eigenvalue weighted by atomic mass is 10.1. The summed E-state index contributed by atoms with van der Waals surface area (Å²) in [6.45, 7) is 0.664. The van der Waals surface area contributed by atoms with Crippen LogP contribution in [0, 0.1) is 0 Å². The summed E-state index contributed by atoms with van der Waals surface area (Å²) in [5.74, 6) is 0.735. The van der Waals surface area contributed by atoms with E-state index in [-0.39, 0.29) is 5.82 Å². The lowest BCUT2D eigenvalue weighted by Crippen LogP contribution is -2.29. The molecule has 0 unspecified atom stereocenters. The zero-order valence-corrected chi connectivity index (χ0v) is 14.4.